The summed E-state index contributed by atoms with van der Waals surface area (Å²) < 4.78 is 23.8. The summed E-state index contributed by atoms with van der Waals surface area (Å²) in [6, 6.07) is 8.22. The second-order valence-corrected chi connectivity index (χ2v) is 9.60. The molecule has 4 aliphatic rings. The molecule has 1 heterocycles. The highest BCUT2D eigenvalue weighted by molar-refractivity contribution is 5.83. The molecule has 1 aromatic carbocycles. The van der Waals surface area contributed by atoms with Gasteiger partial charge in [0.05, 0.1) is 12.4 Å². The average Bonchev–Trinajstić information content (AvgIpc) is 2.85. The molecule has 2 N–H and O–H groups in total. The highest BCUT2D eigenvalue weighted by atomic mass is 19.1. The molecule has 3 saturated carbocycles. The van der Waals surface area contributed by atoms with Gasteiger partial charge in [0, 0.05) is 37.7 Å². The van der Waals surface area contributed by atoms with Gasteiger partial charge in [-0.1, -0.05) is 12.1 Å². The van der Waals surface area contributed by atoms with Gasteiger partial charge in [0.25, 0.3) is 0 Å². The Morgan fingerprint density at radius 1 is 1.19 bits per heavy atom. The van der Waals surface area contributed by atoms with Crippen molar-refractivity contribution in [2.45, 2.75) is 62.9 Å². The molecule has 4 fully saturated rings. The van der Waals surface area contributed by atoms with E-state index in [1.54, 1.807) is 7.11 Å². The first-order valence-electron chi connectivity index (χ1n) is 11.6. The van der Waals surface area contributed by atoms with Crippen molar-refractivity contribution >= 4 is 5.91 Å². The van der Waals surface area contributed by atoms with Crippen molar-refractivity contribution in [2.75, 3.05) is 33.4 Å². The first-order valence-corrected chi connectivity index (χ1v) is 11.6. The number of nitrogens with zero attached hydrogens (tertiary/aromatic N) is 1. The van der Waals surface area contributed by atoms with Crippen LogP contribution in [0.25, 0.3) is 0 Å². The molecule has 1 atom stereocenters. The van der Waals surface area contributed by atoms with Crippen molar-refractivity contribution in [2.24, 2.45) is 11.1 Å². The zero-order chi connectivity index (χ0) is 21.9. The molecule has 1 aromatic rings. The Balaban J connectivity index is 1.39. The summed E-state index contributed by atoms with van der Waals surface area (Å²) in [5, 5.41) is 0. The lowest BCUT2D eigenvalue weighted by Crippen LogP contribution is -2.55. The van der Waals surface area contributed by atoms with Gasteiger partial charge in [-0.25, -0.2) is 4.39 Å². The van der Waals surface area contributed by atoms with Crippen molar-refractivity contribution < 1.29 is 18.7 Å². The molecule has 1 saturated heterocycles. The van der Waals surface area contributed by atoms with E-state index in [0.29, 0.717) is 17.8 Å². The second kappa shape index (κ2) is 9.29. The van der Waals surface area contributed by atoms with Crippen LogP contribution in [0.2, 0.25) is 0 Å². The molecule has 0 spiro atoms. The first kappa shape index (κ1) is 22.3. The van der Waals surface area contributed by atoms with Crippen LogP contribution < -0.4 is 10.5 Å². The maximum Gasteiger partial charge on any atom is 0.228 e. The Kier molecular flexibility index (Phi) is 6.68. The number of methoxy groups -OCH3 is 1. The van der Waals surface area contributed by atoms with Gasteiger partial charge in [0.1, 0.15) is 12.4 Å². The van der Waals surface area contributed by atoms with Crippen LogP contribution in [0.5, 0.6) is 5.75 Å². The topological polar surface area (TPSA) is 64.8 Å². The summed E-state index contributed by atoms with van der Waals surface area (Å²) in [6.07, 6.45) is 8.87. The van der Waals surface area contributed by atoms with Gasteiger partial charge in [-0.15, -0.1) is 0 Å². The molecule has 5 rings (SSSR count). The average molecular weight is 431 g/mol. The monoisotopic (exact) mass is 430 g/mol. The van der Waals surface area contributed by atoms with Crippen molar-refractivity contribution in [3.05, 3.63) is 41.7 Å². The molecule has 170 valence electrons. The van der Waals surface area contributed by atoms with E-state index in [-0.39, 0.29) is 30.1 Å². The maximum absolute atomic E-state index is 13.5. The summed E-state index contributed by atoms with van der Waals surface area (Å²) in [5.41, 5.74) is 7.25. The van der Waals surface area contributed by atoms with Crippen molar-refractivity contribution in [1.29, 1.82) is 0 Å². The first-order chi connectivity index (χ1) is 15.0. The number of nitrogens with two attached hydrogens (primary N) is 1. The Labute approximate surface area is 184 Å². The standard InChI is InChI=1S/C25H35FN2O3/c1-30-22-3-2-14-28(17-22)23(29)25-11-8-24(9-12-25,10-13-25)20-4-6-21(7-5-20)31-18-19(15-26)16-27/h4-7,15,22H,2-3,8-14,16-18,27H2,1H3/b19-15+. The molecule has 0 radical (unpaired) electrons. The summed E-state index contributed by atoms with van der Waals surface area (Å²) in [4.78, 5) is 15.5. The SMILES string of the molecule is COC1CCCN(C(=O)C23CCC(c4ccc(OC/C(=C/F)CN)cc4)(CC2)CC3)C1. The number of carbonyl (C=O) groups is 1. The Morgan fingerprint density at radius 3 is 2.45 bits per heavy atom. The number of ether oxygens (including phenoxy) is 2. The van der Waals surface area contributed by atoms with Gasteiger partial charge in [0.2, 0.25) is 5.91 Å². The van der Waals surface area contributed by atoms with Crippen LogP contribution in [-0.4, -0.2) is 50.3 Å². The number of fused-ring (bicyclic) bond motifs is 3. The third-order valence-corrected chi connectivity index (χ3v) is 8.01. The molecule has 1 aliphatic heterocycles. The number of piperidine rings is 1. The quantitative estimate of drug-likeness (QED) is 0.707. The fraction of sp³-hybridized carbons (Fsp3) is 0.640. The summed E-state index contributed by atoms with van der Waals surface area (Å²) in [5.74, 6) is 1.09. The molecule has 1 unspecified atom stereocenters. The van der Waals surface area contributed by atoms with Crippen LogP contribution in [0.1, 0.15) is 56.9 Å². The van der Waals surface area contributed by atoms with Gasteiger partial charge in [-0.3, -0.25) is 4.79 Å². The van der Waals surface area contributed by atoms with Crippen molar-refractivity contribution in [3.63, 3.8) is 0 Å². The van der Waals surface area contributed by atoms with Crippen LogP contribution >= 0.6 is 0 Å². The lowest BCUT2D eigenvalue weighted by Gasteiger charge is -2.54. The molecular weight excluding hydrogens is 395 g/mol. The Morgan fingerprint density at radius 2 is 1.87 bits per heavy atom. The number of rotatable bonds is 7. The van der Waals surface area contributed by atoms with E-state index in [1.807, 2.05) is 12.1 Å². The number of hydrogen-bond donors (Lipinski definition) is 1. The smallest absolute Gasteiger partial charge is 0.228 e. The summed E-state index contributed by atoms with van der Waals surface area (Å²) in [7, 11) is 1.75. The van der Waals surface area contributed by atoms with E-state index >= 15 is 0 Å². The molecular formula is C25H35FN2O3. The van der Waals surface area contributed by atoms with Gasteiger partial charge in [-0.2, -0.15) is 0 Å². The van der Waals surface area contributed by atoms with Crippen LogP contribution in [0.4, 0.5) is 4.39 Å². The van der Waals surface area contributed by atoms with E-state index in [1.165, 1.54) is 5.56 Å². The Hall–Kier alpha value is -1.92. The number of amides is 1. The van der Waals surface area contributed by atoms with Crippen LogP contribution in [0.3, 0.4) is 0 Å². The van der Waals surface area contributed by atoms with Crippen molar-refractivity contribution in [1.82, 2.24) is 4.90 Å². The van der Waals surface area contributed by atoms with Gasteiger partial charge < -0.3 is 20.1 Å². The normalized spacial score (nSPS) is 31.0. The summed E-state index contributed by atoms with van der Waals surface area (Å²) in [6.45, 7) is 1.94. The molecule has 2 bridgehead atoms. The fourth-order valence-electron chi connectivity index (χ4n) is 5.81. The van der Waals surface area contributed by atoms with Gasteiger partial charge in [0.15, 0.2) is 0 Å². The number of benzene rings is 1. The zero-order valence-corrected chi connectivity index (χ0v) is 18.6. The summed E-state index contributed by atoms with van der Waals surface area (Å²) >= 11 is 0. The fourth-order valence-corrected chi connectivity index (χ4v) is 5.81. The van der Waals surface area contributed by atoms with Crippen molar-refractivity contribution in [3.8, 4) is 5.75 Å². The molecule has 6 heteroatoms. The lowest BCUT2D eigenvalue weighted by atomic mass is 9.51. The molecule has 31 heavy (non-hydrogen) atoms. The van der Waals surface area contributed by atoms with Gasteiger partial charge in [-0.05, 0) is 74.5 Å². The number of likely N-dealkylation sites (tertiary alicyclic amines) is 1. The van der Waals surface area contributed by atoms with Crippen LogP contribution in [0, 0.1) is 5.41 Å². The predicted octanol–water partition coefficient (Wildman–Crippen LogP) is 4.11. The number of hydrogen-bond acceptors (Lipinski definition) is 4. The van der Waals surface area contributed by atoms with Crippen LogP contribution in [-0.2, 0) is 14.9 Å². The number of carbonyl (C=O) groups excluding carboxylic acids is 1. The Bertz CT molecular complexity index is 783. The molecule has 5 nitrogen and oxygen atoms in total. The predicted molar refractivity (Wildman–Crippen MR) is 119 cm³/mol. The largest absolute Gasteiger partial charge is 0.489 e. The zero-order valence-electron chi connectivity index (χ0n) is 18.6. The molecule has 1 amide bonds. The number of halogens is 1. The van der Waals surface area contributed by atoms with E-state index < -0.39 is 0 Å². The van der Waals surface area contributed by atoms with E-state index in [0.717, 1.165) is 70.2 Å². The lowest BCUT2D eigenvalue weighted by molar-refractivity contribution is -0.153. The van der Waals surface area contributed by atoms with E-state index in [9.17, 15) is 9.18 Å². The molecule has 0 aromatic heterocycles. The van der Waals surface area contributed by atoms with Gasteiger partial charge >= 0.3 is 0 Å². The highest BCUT2D eigenvalue weighted by Gasteiger charge is 2.54. The van der Waals surface area contributed by atoms with E-state index in [2.05, 4.69) is 17.0 Å². The van der Waals surface area contributed by atoms with E-state index in [4.69, 9.17) is 15.2 Å². The maximum atomic E-state index is 13.5. The second-order valence-electron chi connectivity index (χ2n) is 9.60. The third kappa shape index (κ3) is 4.37. The highest BCUT2D eigenvalue weighted by Crippen LogP contribution is 2.58. The van der Waals surface area contributed by atoms with Crippen LogP contribution in [0.15, 0.2) is 36.2 Å². The molecule has 3 aliphatic carbocycles. The minimum atomic E-state index is -0.169. The minimum Gasteiger partial charge on any atom is -0.489 e. The third-order valence-electron chi connectivity index (χ3n) is 8.01. The minimum absolute atomic E-state index is 0.154.